The summed E-state index contributed by atoms with van der Waals surface area (Å²) in [6, 6.07) is -1.23. The Bertz CT molecular complexity index is 1110. The fourth-order valence-corrected chi connectivity index (χ4v) is 6.40. The van der Waals surface area contributed by atoms with Gasteiger partial charge in [-0.1, -0.05) is 116 Å². The average molecular weight is 849 g/mol. The van der Waals surface area contributed by atoms with Crippen LogP contribution in [0.4, 0.5) is 39.5 Å². The summed E-state index contributed by atoms with van der Waals surface area (Å²) in [4.78, 5) is 25.9. The number of hydrogen-bond acceptors (Lipinski definition) is 8. The molecule has 2 amide bonds. The van der Waals surface area contributed by atoms with Gasteiger partial charge in [0.25, 0.3) is 0 Å². The van der Waals surface area contributed by atoms with Crippen LogP contribution in [0.3, 0.4) is 0 Å². The molecule has 19 heteroatoms. The third-order valence-electron chi connectivity index (χ3n) is 10.1. The molecule has 338 valence electrons. The molecule has 1 fully saturated rings. The molecule has 0 aromatic carbocycles. The molecule has 1 aliphatic rings. The van der Waals surface area contributed by atoms with Crippen molar-refractivity contribution in [1.82, 2.24) is 10.6 Å². The monoisotopic (exact) mass is 848 g/mol. The summed E-state index contributed by atoms with van der Waals surface area (Å²) in [6.45, 7) is 1.36. The van der Waals surface area contributed by atoms with Crippen molar-refractivity contribution in [2.75, 3.05) is 19.8 Å². The molecule has 1 heterocycles. The number of aliphatic hydroxyl groups excluding tert-OH is 4. The Balaban J connectivity index is 2.47. The first-order valence-electron chi connectivity index (χ1n) is 20.4. The number of carbonyl (C=O) groups is 2. The van der Waals surface area contributed by atoms with Crippen molar-refractivity contribution in [3.8, 4) is 0 Å². The molecule has 6 N–H and O–H groups in total. The molecule has 10 nitrogen and oxygen atoms in total. The second kappa shape index (κ2) is 27.0. The summed E-state index contributed by atoms with van der Waals surface area (Å²) in [5, 5.41) is 45.2. The van der Waals surface area contributed by atoms with E-state index >= 15 is 0 Å². The molecule has 0 unspecified atom stereocenters. The van der Waals surface area contributed by atoms with Crippen LogP contribution in [0, 0.1) is 0 Å². The van der Waals surface area contributed by atoms with E-state index in [1.807, 2.05) is 0 Å². The zero-order valence-electron chi connectivity index (χ0n) is 33.0. The molecule has 0 aromatic heterocycles. The summed E-state index contributed by atoms with van der Waals surface area (Å²) >= 11 is 0. The minimum absolute atomic E-state index is 0.00554. The fraction of sp³-hybridized carbons (Fsp3) is 0.947. The van der Waals surface area contributed by atoms with E-state index in [2.05, 4.69) is 17.6 Å². The van der Waals surface area contributed by atoms with Crippen LogP contribution in [0.15, 0.2) is 0 Å². The predicted molar refractivity (Wildman–Crippen MR) is 193 cm³/mol. The average Bonchev–Trinajstić information content (AvgIpc) is 3.14. The van der Waals surface area contributed by atoms with Crippen LogP contribution < -0.4 is 10.6 Å². The molecule has 1 saturated heterocycles. The number of halogens is 9. The maximum absolute atomic E-state index is 13.7. The molecule has 0 spiro atoms. The Hall–Kier alpha value is -1.93. The third kappa shape index (κ3) is 18.5. The first-order chi connectivity index (χ1) is 26.7. The normalized spacial score (nSPS) is 21.4. The molecule has 0 bridgehead atoms. The van der Waals surface area contributed by atoms with Crippen LogP contribution in [0.5, 0.6) is 0 Å². The predicted octanol–water partition coefficient (Wildman–Crippen LogP) is 7.47. The number of hydrogen-bond donors (Lipinski definition) is 6. The topological polar surface area (TPSA) is 158 Å². The van der Waals surface area contributed by atoms with Crippen molar-refractivity contribution in [2.24, 2.45) is 0 Å². The number of alkyl halides is 9. The van der Waals surface area contributed by atoms with Gasteiger partial charge in [-0.2, -0.15) is 39.5 Å². The lowest BCUT2D eigenvalue weighted by Gasteiger charge is -2.39. The first kappa shape index (κ1) is 53.1. The van der Waals surface area contributed by atoms with E-state index in [1.54, 1.807) is 0 Å². The van der Waals surface area contributed by atoms with Crippen LogP contribution in [0.1, 0.15) is 148 Å². The van der Waals surface area contributed by atoms with Crippen molar-refractivity contribution in [3.63, 3.8) is 0 Å². The maximum atomic E-state index is 13.7. The molecular formula is C38H65F9N2O8. The molecule has 57 heavy (non-hydrogen) atoms. The van der Waals surface area contributed by atoms with Crippen molar-refractivity contribution in [2.45, 2.75) is 209 Å². The smallest absolute Gasteiger partial charge is 0.394 e. The Morgan fingerprint density at radius 1 is 0.649 bits per heavy atom. The van der Waals surface area contributed by atoms with Gasteiger partial charge in [0, 0.05) is 19.4 Å². The highest BCUT2D eigenvalue weighted by Crippen LogP contribution is 2.54. The number of unbranched alkanes of at least 4 members (excludes halogenated alkanes) is 18. The van der Waals surface area contributed by atoms with E-state index in [0.717, 1.165) is 25.7 Å². The molecule has 0 radical (unpaired) electrons. The lowest BCUT2D eigenvalue weighted by molar-refractivity contribution is -0.396. The van der Waals surface area contributed by atoms with Gasteiger partial charge in [0.05, 0.1) is 13.2 Å². The Kier molecular flexibility index (Phi) is 25.2. The molecule has 0 saturated carbocycles. The lowest BCUT2D eigenvalue weighted by atomic mass is 9.97. The fourth-order valence-electron chi connectivity index (χ4n) is 6.40. The van der Waals surface area contributed by atoms with Crippen LogP contribution in [-0.4, -0.2) is 113 Å². The Labute approximate surface area is 330 Å². The number of ether oxygens (including phenoxy) is 2. The zero-order valence-corrected chi connectivity index (χ0v) is 33.0. The molecule has 0 aliphatic carbocycles. The minimum atomic E-state index is -6.89. The van der Waals surface area contributed by atoms with Crippen LogP contribution in [-0.2, 0) is 19.1 Å². The van der Waals surface area contributed by atoms with Crippen molar-refractivity contribution >= 4 is 11.8 Å². The minimum Gasteiger partial charge on any atom is -0.394 e. The Morgan fingerprint density at radius 3 is 1.61 bits per heavy atom. The highest BCUT2D eigenvalue weighted by atomic mass is 19.4. The molecule has 0 aromatic rings. The van der Waals surface area contributed by atoms with Gasteiger partial charge in [0.15, 0.2) is 6.29 Å². The lowest BCUT2D eigenvalue weighted by Crippen LogP contribution is -2.60. The van der Waals surface area contributed by atoms with Crippen LogP contribution >= 0.6 is 0 Å². The van der Waals surface area contributed by atoms with E-state index in [4.69, 9.17) is 9.47 Å². The van der Waals surface area contributed by atoms with Crippen molar-refractivity contribution < 1.29 is 79.0 Å². The second-order valence-electron chi connectivity index (χ2n) is 15.0. The van der Waals surface area contributed by atoms with E-state index in [-0.39, 0.29) is 19.3 Å². The van der Waals surface area contributed by atoms with Gasteiger partial charge in [-0.15, -0.1) is 0 Å². The number of rotatable bonds is 32. The second-order valence-corrected chi connectivity index (χ2v) is 15.0. The quantitative estimate of drug-likeness (QED) is 0.0301. The highest BCUT2D eigenvalue weighted by molar-refractivity contribution is 5.87. The van der Waals surface area contributed by atoms with E-state index in [0.29, 0.717) is 45.1 Å². The molecular weight excluding hydrogens is 783 g/mol. The zero-order chi connectivity index (χ0) is 43.1. The van der Waals surface area contributed by atoms with Crippen LogP contribution in [0.2, 0.25) is 0 Å². The summed E-state index contributed by atoms with van der Waals surface area (Å²) < 4.78 is 128. The van der Waals surface area contributed by atoms with Gasteiger partial charge < -0.3 is 40.5 Å². The summed E-state index contributed by atoms with van der Waals surface area (Å²) in [6.07, 6.45) is -0.940. The van der Waals surface area contributed by atoms with Gasteiger partial charge in [0.2, 0.25) is 11.8 Å². The summed E-state index contributed by atoms with van der Waals surface area (Å²) in [5.41, 5.74) is 0. The highest BCUT2D eigenvalue weighted by Gasteiger charge is 2.81. The third-order valence-corrected chi connectivity index (χ3v) is 10.1. The number of nitrogens with one attached hydrogen (secondary N) is 2. The van der Waals surface area contributed by atoms with Crippen molar-refractivity contribution in [1.29, 1.82) is 0 Å². The van der Waals surface area contributed by atoms with E-state index in [1.165, 1.54) is 44.9 Å². The van der Waals surface area contributed by atoms with Gasteiger partial charge >= 0.3 is 23.9 Å². The summed E-state index contributed by atoms with van der Waals surface area (Å²) in [5.74, 6) is -20.1. The largest absolute Gasteiger partial charge is 0.460 e. The summed E-state index contributed by atoms with van der Waals surface area (Å²) in [7, 11) is 0. The van der Waals surface area contributed by atoms with Crippen molar-refractivity contribution in [3.05, 3.63) is 0 Å². The SMILES string of the molecule is CCCCCCCCCCCCCCNC(=O)[C@H](CO[C@@H]1O[C@H](CO)[C@H](O)[C@H](O)[C@H]1O)NC(=O)CCCCCCCCCCC(F)(F)C(F)(F)C(F)(F)C(F)(F)F. The molecule has 1 aliphatic heterocycles. The number of amides is 2. The molecule has 1 rings (SSSR count). The van der Waals surface area contributed by atoms with E-state index < -0.39 is 98.6 Å². The van der Waals surface area contributed by atoms with Gasteiger partial charge in [0.1, 0.15) is 30.5 Å². The molecule has 6 atom stereocenters. The number of carbonyl (C=O) groups excluding carboxylic acids is 2. The number of aliphatic hydroxyl groups is 4. The first-order valence-corrected chi connectivity index (χ1v) is 20.4. The van der Waals surface area contributed by atoms with Gasteiger partial charge in [-0.25, -0.2) is 0 Å². The van der Waals surface area contributed by atoms with Gasteiger partial charge in [-0.05, 0) is 19.3 Å². The standard InChI is InChI=1S/C38H65F9N2O8/c1-2-3-4-5-6-7-8-9-12-15-18-21-24-48-33(55)27(26-56-34-32(54)31(53)30(52)28(25-50)57-34)49-29(51)22-19-16-13-10-11-14-17-20-23-35(39,40)36(41,42)37(43,44)38(45,46)47/h27-28,30-32,34,50,52-54H,2-26H2,1H3,(H,48,55)(H,49,51)/t27-,28+,30-,31-,32+,34+/m0/s1. The van der Waals surface area contributed by atoms with Gasteiger partial charge in [-0.3, -0.25) is 9.59 Å². The van der Waals surface area contributed by atoms with Crippen LogP contribution in [0.25, 0.3) is 0 Å². The Morgan fingerprint density at radius 2 is 1.12 bits per heavy atom. The maximum Gasteiger partial charge on any atom is 0.460 e. The van der Waals surface area contributed by atoms with E-state index in [9.17, 15) is 69.5 Å².